The van der Waals surface area contributed by atoms with Crippen molar-refractivity contribution in [2.45, 2.75) is 24.6 Å². The number of rotatable bonds is 3. The van der Waals surface area contributed by atoms with Crippen LogP contribution >= 0.6 is 0 Å². The summed E-state index contributed by atoms with van der Waals surface area (Å²) in [5.74, 6) is 4.02. The van der Waals surface area contributed by atoms with Gasteiger partial charge in [-0.25, -0.2) is 5.43 Å². The number of hydrazine groups is 1. The Morgan fingerprint density at radius 2 is 1.94 bits per heavy atom. The largest absolute Gasteiger partial charge is 0.480 e. The smallest absolute Gasteiger partial charge is 0.401 e. The SMILES string of the molecule is NNC1(C(=O)O)CCN(CC(F)(F)F)CC1. The molecule has 16 heavy (non-hydrogen) atoms. The molecule has 0 aromatic carbocycles. The molecule has 8 heteroatoms. The zero-order valence-electron chi connectivity index (χ0n) is 8.55. The van der Waals surface area contributed by atoms with Crippen LogP contribution in [0.1, 0.15) is 12.8 Å². The molecule has 0 saturated carbocycles. The summed E-state index contributed by atoms with van der Waals surface area (Å²) >= 11 is 0. The molecule has 1 aliphatic heterocycles. The van der Waals surface area contributed by atoms with E-state index in [2.05, 4.69) is 5.43 Å². The summed E-state index contributed by atoms with van der Waals surface area (Å²) in [6.07, 6.45) is -4.12. The highest BCUT2D eigenvalue weighted by molar-refractivity contribution is 5.78. The van der Waals surface area contributed by atoms with Gasteiger partial charge in [0.1, 0.15) is 5.54 Å². The summed E-state index contributed by atoms with van der Waals surface area (Å²) in [5, 5.41) is 8.92. The van der Waals surface area contributed by atoms with E-state index in [4.69, 9.17) is 10.9 Å². The molecular weight excluding hydrogens is 227 g/mol. The van der Waals surface area contributed by atoms with Crippen molar-refractivity contribution in [3.63, 3.8) is 0 Å². The second-order valence-electron chi connectivity index (χ2n) is 3.92. The molecule has 4 N–H and O–H groups in total. The van der Waals surface area contributed by atoms with Crippen molar-refractivity contribution in [3.05, 3.63) is 0 Å². The van der Waals surface area contributed by atoms with Gasteiger partial charge in [-0.2, -0.15) is 13.2 Å². The first kappa shape index (κ1) is 13.2. The van der Waals surface area contributed by atoms with Crippen LogP contribution in [-0.2, 0) is 4.79 Å². The van der Waals surface area contributed by atoms with Crippen LogP contribution in [0, 0.1) is 0 Å². The number of hydrogen-bond donors (Lipinski definition) is 3. The van der Waals surface area contributed by atoms with Gasteiger partial charge in [0.05, 0.1) is 6.54 Å². The third-order valence-corrected chi connectivity index (χ3v) is 2.80. The van der Waals surface area contributed by atoms with Crippen LogP contribution in [0.3, 0.4) is 0 Å². The van der Waals surface area contributed by atoms with Gasteiger partial charge in [0, 0.05) is 13.1 Å². The fourth-order valence-corrected chi connectivity index (χ4v) is 1.77. The Hall–Kier alpha value is -0.860. The van der Waals surface area contributed by atoms with E-state index in [1.165, 1.54) is 4.90 Å². The predicted molar refractivity (Wildman–Crippen MR) is 49.4 cm³/mol. The normalized spacial score (nSPS) is 22.0. The zero-order chi connectivity index (χ0) is 12.4. The number of nitrogens with zero attached hydrogens (tertiary/aromatic N) is 1. The number of nitrogens with one attached hydrogen (secondary N) is 1. The van der Waals surface area contributed by atoms with E-state index < -0.39 is 24.2 Å². The first-order valence-corrected chi connectivity index (χ1v) is 4.79. The molecule has 0 radical (unpaired) electrons. The van der Waals surface area contributed by atoms with E-state index in [1.54, 1.807) is 0 Å². The van der Waals surface area contributed by atoms with Crippen molar-refractivity contribution < 1.29 is 23.1 Å². The summed E-state index contributed by atoms with van der Waals surface area (Å²) in [6.45, 7) is -0.876. The van der Waals surface area contributed by atoms with Crippen molar-refractivity contribution >= 4 is 5.97 Å². The molecule has 0 bridgehead atoms. The molecule has 5 nitrogen and oxygen atoms in total. The number of carboxylic acid groups (broad SMARTS) is 1. The van der Waals surface area contributed by atoms with Gasteiger partial charge in [-0.05, 0) is 12.8 Å². The first-order chi connectivity index (χ1) is 7.29. The number of piperidine rings is 1. The lowest BCUT2D eigenvalue weighted by molar-refractivity contribution is -0.155. The number of carbonyl (C=O) groups is 1. The minimum Gasteiger partial charge on any atom is -0.480 e. The van der Waals surface area contributed by atoms with E-state index in [0.717, 1.165) is 0 Å². The summed E-state index contributed by atoms with van der Waals surface area (Å²) in [4.78, 5) is 12.1. The Labute approximate surface area is 90.4 Å². The van der Waals surface area contributed by atoms with Crippen LogP contribution in [-0.4, -0.2) is 47.3 Å². The van der Waals surface area contributed by atoms with Gasteiger partial charge < -0.3 is 5.11 Å². The zero-order valence-corrected chi connectivity index (χ0v) is 8.55. The highest BCUT2D eigenvalue weighted by Crippen LogP contribution is 2.25. The highest BCUT2D eigenvalue weighted by atomic mass is 19.4. The second-order valence-corrected chi connectivity index (χ2v) is 3.92. The summed E-state index contributed by atoms with van der Waals surface area (Å²) < 4.78 is 36.2. The fourth-order valence-electron chi connectivity index (χ4n) is 1.77. The molecule has 1 aliphatic rings. The number of alkyl halides is 3. The third-order valence-electron chi connectivity index (χ3n) is 2.80. The molecule has 94 valence electrons. The molecule has 0 aliphatic carbocycles. The summed E-state index contributed by atoms with van der Waals surface area (Å²) in [6, 6.07) is 0. The molecule has 0 unspecified atom stereocenters. The van der Waals surface area contributed by atoms with Gasteiger partial charge in [0.25, 0.3) is 0 Å². The average Bonchev–Trinajstić information content (AvgIpc) is 2.16. The molecule has 0 atom stereocenters. The standard InChI is InChI=1S/C8H14F3N3O2/c9-8(10,11)5-14-3-1-7(13-12,2-4-14)6(15)16/h13H,1-5,12H2,(H,15,16). The van der Waals surface area contributed by atoms with E-state index in [-0.39, 0.29) is 25.9 Å². The molecule has 0 spiro atoms. The van der Waals surface area contributed by atoms with Crippen molar-refractivity contribution in [1.82, 2.24) is 10.3 Å². The predicted octanol–water partition coefficient (Wildman–Crippen LogP) is -0.0688. The molecule has 1 fully saturated rings. The minimum absolute atomic E-state index is 0.0644. The van der Waals surface area contributed by atoms with Gasteiger partial charge in [-0.3, -0.25) is 15.5 Å². The Morgan fingerprint density at radius 3 is 2.25 bits per heavy atom. The quantitative estimate of drug-likeness (QED) is 0.476. The maximum atomic E-state index is 12.1. The van der Waals surface area contributed by atoms with Crippen LogP contribution in [0.4, 0.5) is 13.2 Å². The van der Waals surface area contributed by atoms with Crippen LogP contribution in [0.15, 0.2) is 0 Å². The number of nitrogens with two attached hydrogens (primary N) is 1. The van der Waals surface area contributed by atoms with E-state index in [0.29, 0.717) is 0 Å². The lowest BCUT2D eigenvalue weighted by Gasteiger charge is -2.38. The van der Waals surface area contributed by atoms with Crippen LogP contribution in [0.25, 0.3) is 0 Å². The average molecular weight is 241 g/mol. The second kappa shape index (κ2) is 4.56. The Balaban J connectivity index is 2.53. The summed E-state index contributed by atoms with van der Waals surface area (Å²) in [7, 11) is 0. The summed E-state index contributed by atoms with van der Waals surface area (Å²) in [5.41, 5.74) is 0.903. The van der Waals surface area contributed by atoms with Gasteiger partial charge in [0.2, 0.25) is 0 Å². The van der Waals surface area contributed by atoms with Gasteiger partial charge in [-0.15, -0.1) is 0 Å². The molecular formula is C8H14F3N3O2. The Morgan fingerprint density at radius 1 is 1.44 bits per heavy atom. The molecule has 1 heterocycles. The lowest BCUT2D eigenvalue weighted by Crippen LogP contribution is -2.61. The third kappa shape index (κ3) is 3.06. The number of aliphatic carboxylic acids is 1. The van der Waals surface area contributed by atoms with Crippen LogP contribution in [0.2, 0.25) is 0 Å². The fraction of sp³-hybridized carbons (Fsp3) is 0.875. The van der Waals surface area contributed by atoms with Crippen molar-refractivity contribution in [2.24, 2.45) is 5.84 Å². The van der Waals surface area contributed by atoms with Gasteiger partial charge in [0.15, 0.2) is 0 Å². The Kier molecular flexibility index (Phi) is 3.76. The molecule has 0 aromatic heterocycles. The van der Waals surface area contributed by atoms with Gasteiger partial charge >= 0.3 is 12.1 Å². The number of likely N-dealkylation sites (tertiary alicyclic amines) is 1. The van der Waals surface area contributed by atoms with E-state index in [1.807, 2.05) is 0 Å². The highest BCUT2D eigenvalue weighted by Gasteiger charge is 2.42. The topological polar surface area (TPSA) is 78.6 Å². The number of halogens is 3. The molecule has 1 rings (SSSR count). The van der Waals surface area contributed by atoms with Crippen molar-refractivity contribution in [3.8, 4) is 0 Å². The first-order valence-electron chi connectivity index (χ1n) is 4.79. The van der Waals surface area contributed by atoms with E-state index in [9.17, 15) is 18.0 Å². The Bertz CT molecular complexity index is 262. The van der Waals surface area contributed by atoms with E-state index >= 15 is 0 Å². The number of carboxylic acids is 1. The minimum atomic E-state index is -4.25. The van der Waals surface area contributed by atoms with Crippen LogP contribution < -0.4 is 11.3 Å². The van der Waals surface area contributed by atoms with Gasteiger partial charge in [-0.1, -0.05) is 0 Å². The van der Waals surface area contributed by atoms with Crippen molar-refractivity contribution in [2.75, 3.05) is 19.6 Å². The molecule has 0 aromatic rings. The molecule has 0 amide bonds. The maximum Gasteiger partial charge on any atom is 0.401 e. The number of hydrogen-bond acceptors (Lipinski definition) is 4. The maximum absolute atomic E-state index is 12.1. The van der Waals surface area contributed by atoms with Crippen molar-refractivity contribution in [1.29, 1.82) is 0 Å². The lowest BCUT2D eigenvalue weighted by atomic mass is 9.88. The van der Waals surface area contributed by atoms with Crippen LogP contribution in [0.5, 0.6) is 0 Å². The molecule has 1 saturated heterocycles. The monoisotopic (exact) mass is 241 g/mol.